The van der Waals surface area contributed by atoms with Crippen LogP contribution < -0.4 is 20.1 Å². The Labute approximate surface area is 249 Å². The Hall–Kier alpha value is -3.04. The van der Waals surface area contributed by atoms with Gasteiger partial charge >= 0.3 is 6.18 Å². The quantitative estimate of drug-likeness (QED) is 0.207. The summed E-state index contributed by atoms with van der Waals surface area (Å²) >= 11 is 1.47. The van der Waals surface area contributed by atoms with E-state index in [-0.39, 0.29) is 12.6 Å². The average Bonchev–Trinajstić information content (AvgIpc) is 3.33. The second-order valence-corrected chi connectivity index (χ2v) is 11.7. The van der Waals surface area contributed by atoms with E-state index in [0.29, 0.717) is 23.0 Å². The molecule has 2 heterocycles. The van der Waals surface area contributed by atoms with Gasteiger partial charge in [0.2, 0.25) is 0 Å². The number of hydrogen-bond acceptors (Lipinski definition) is 7. The first-order valence-corrected chi connectivity index (χ1v) is 15.2. The zero-order valence-corrected chi connectivity index (χ0v) is 24.8. The van der Waals surface area contributed by atoms with Gasteiger partial charge in [-0.1, -0.05) is 12.0 Å². The lowest BCUT2D eigenvalue weighted by Crippen LogP contribution is -2.46. The summed E-state index contributed by atoms with van der Waals surface area (Å²) in [5.41, 5.74) is 2.48. The van der Waals surface area contributed by atoms with Crippen LogP contribution in [0.4, 0.5) is 24.5 Å². The topological polar surface area (TPSA) is 62.7 Å². The molecule has 1 aliphatic heterocycles. The lowest BCUT2D eigenvalue weighted by Gasteiger charge is -2.39. The number of nitrogens with zero attached hydrogens (tertiary/aromatic N) is 2. The molecule has 5 rings (SSSR count). The Kier molecular flexibility index (Phi) is 10.1. The second-order valence-electron chi connectivity index (χ2n) is 10.6. The van der Waals surface area contributed by atoms with Crippen LogP contribution in [0.25, 0.3) is 10.9 Å². The number of benzene rings is 2. The third kappa shape index (κ3) is 7.67. The van der Waals surface area contributed by atoms with Crippen LogP contribution in [-0.4, -0.2) is 74.7 Å². The van der Waals surface area contributed by atoms with Crippen molar-refractivity contribution in [3.63, 3.8) is 0 Å². The number of rotatable bonds is 9. The number of aromatic nitrogens is 1. The highest BCUT2D eigenvalue weighted by molar-refractivity contribution is 7.97. The molecule has 3 aromatic rings. The Morgan fingerprint density at radius 3 is 2.55 bits per heavy atom. The Morgan fingerprint density at radius 2 is 1.83 bits per heavy atom. The molecule has 7 nitrogen and oxygen atoms in total. The first-order valence-electron chi connectivity index (χ1n) is 14.4. The van der Waals surface area contributed by atoms with E-state index >= 15 is 0 Å². The lowest BCUT2D eigenvalue weighted by molar-refractivity contribution is -0.140. The molecular weight excluding hydrogens is 563 g/mol. The molecular formula is C31H38F3N5O2S. The maximum absolute atomic E-state index is 13.6. The van der Waals surface area contributed by atoms with Crippen molar-refractivity contribution in [1.82, 2.24) is 14.2 Å². The minimum atomic E-state index is -4.37. The summed E-state index contributed by atoms with van der Waals surface area (Å²) < 4.78 is 56.2. The fourth-order valence-corrected chi connectivity index (χ4v) is 6.42. The normalized spacial score (nSPS) is 19.7. The summed E-state index contributed by atoms with van der Waals surface area (Å²) in [6.07, 6.45) is -0.110. The molecule has 0 amide bonds. The van der Waals surface area contributed by atoms with E-state index < -0.39 is 12.7 Å². The molecule has 0 unspecified atom stereocenters. The third-order valence-electron chi connectivity index (χ3n) is 7.88. The standard InChI is InChI=1S/C31H38F3N5O2S/c1-35-42-25-12-13-28(30(20-25)40-2)36-14-4-5-24-19-26-27(6-3-7-29(26)39(24)21-31(32,33)34)37-22-8-10-23(11-9-22)38-15-17-41-18-16-38/h3,6-7,12-13,19-20,22-23,35-37H,8-11,14-18,21H2,1-2H3. The predicted molar refractivity (Wildman–Crippen MR) is 163 cm³/mol. The number of anilines is 2. The van der Waals surface area contributed by atoms with Crippen molar-refractivity contribution in [2.45, 2.75) is 55.4 Å². The van der Waals surface area contributed by atoms with Gasteiger partial charge < -0.3 is 24.7 Å². The molecule has 11 heteroatoms. The van der Waals surface area contributed by atoms with Crippen LogP contribution in [0.1, 0.15) is 31.4 Å². The third-order valence-corrected chi connectivity index (χ3v) is 8.57. The van der Waals surface area contributed by atoms with E-state index in [1.165, 1.54) is 16.5 Å². The fraction of sp³-hybridized carbons (Fsp3) is 0.484. The fourth-order valence-electron chi connectivity index (χ4n) is 5.88. The van der Waals surface area contributed by atoms with E-state index in [2.05, 4.69) is 32.1 Å². The average molecular weight is 602 g/mol. The lowest BCUT2D eigenvalue weighted by atomic mass is 9.89. The van der Waals surface area contributed by atoms with Crippen molar-refractivity contribution in [2.24, 2.45) is 0 Å². The van der Waals surface area contributed by atoms with Gasteiger partial charge in [0, 0.05) is 41.1 Å². The zero-order chi connectivity index (χ0) is 29.5. The van der Waals surface area contributed by atoms with Gasteiger partial charge in [-0.3, -0.25) is 9.62 Å². The summed E-state index contributed by atoms with van der Waals surface area (Å²) in [7, 11) is 3.44. The number of morpholine rings is 1. The highest BCUT2D eigenvalue weighted by Gasteiger charge is 2.30. The Bertz CT molecular complexity index is 1400. The largest absolute Gasteiger partial charge is 0.495 e. The van der Waals surface area contributed by atoms with Gasteiger partial charge in [-0.25, -0.2) is 0 Å². The van der Waals surface area contributed by atoms with Gasteiger partial charge in [0.15, 0.2) is 0 Å². The molecule has 0 bridgehead atoms. The number of hydrogen-bond donors (Lipinski definition) is 3. The second kappa shape index (κ2) is 14.0. The molecule has 1 saturated heterocycles. The van der Waals surface area contributed by atoms with Crippen LogP contribution in [0.3, 0.4) is 0 Å². The van der Waals surface area contributed by atoms with Crippen LogP contribution >= 0.6 is 11.9 Å². The summed E-state index contributed by atoms with van der Waals surface area (Å²) in [6.45, 7) is 2.73. The maximum atomic E-state index is 13.6. The molecule has 2 aromatic carbocycles. The molecule has 2 fully saturated rings. The Morgan fingerprint density at radius 1 is 1.05 bits per heavy atom. The molecule has 0 radical (unpaired) electrons. The van der Waals surface area contributed by atoms with Crippen molar-refractivity contribution >= 4 is 34.2 Å². The molecule has 0 spiro atoms. The van der Waals surface area contributed by atoms with Crippen LogP contribution in [0.2, 0.25) is 0 Å². The molecule has 1 saturated carbocycles. The van der Waals surface area contributed by atoms with Crippen LogP contribution in [0.5, 0.6) is 5.75 Å². The molecule has 2 aliphatic rings. The molecule has 1 aliphatic carbocycles. The van der Waals surface area contributed by atoms with E-state index in [1.807, 2.05) is 37.4 Å². The van der Waals surface area contributed by atoms with Gasteiger partial charge in [-0.15, -0.1) is 0 Å². The molecule has 42 heavy (non-hydrogen) atoms. The molecule has 0 atom stereocenters. The maximum Gasteiger partial charge on any atom is 0.406 e. The number of nitrogens with one attached hydrogen (secondary N) is 3. The van der Waals surface area contributed by atoms with Gasteiger partial charge in [0.1, 0.15) is 12.3 Å². The SMILES string of the molecule is CNSc1ccc(NCC#Cc2cc3c(NC4CCC(N5CCOCC5)CC4)cccc3n2CC(F)(F)F)c(OC)c1. The van der Waals surface area contributed by atoms with Crippen molar-refractivity contribution in [1.29, 1.82) is 0 Å². The first kappa shape index (κ1) is 30.4. The molecule has 226 valence electrons. The Balaban J connectivity index is 1.31. The van der Waals surface area contributed by atoms with E-state index in [4.69, 9.17) is 9.47 Å². The smallest absolute Gasteiger partial charge is 0.406 e. The first-order chi connectivity index (χ1) is 20.3. The molecule has 3 N–H and O–H groups in total. The minimum absolute atomic E-state index is 0.250. The summed E-state index contributed by atoms with van der Waals surface area (Å²) in [4.78, 5) is 3.53. The number of methoxy groups -OCH3 is 1. The van der Waals surface area contributed by atoms with Gasteiger partial charge in [-0.05, 0) is 87.0 Å². The van der Waals surface area contributed by atoms with Crippen LogP contribution in [0, 0.1) is 11.8 Å². The number of halogens is 3. The van der Waals surface area contributed by atoms with Crippen molar-refractivity contribution < 1.29 is 22.6 Å². The number of alkyl halides is 3. The van der Waals surface area contributed by atoms with Crippen LogP contribution in [-0.2, 0) is 11.3 Å². The predicted octanol–water partition coefficient (Wildman–Crippen LogP) is 5.96. The van der Waals surface area contributed by atoms with Gasteiger partial charge in [-0.2, -0.15) is 13.2 Å². The summed E-state index contributed by atoms with van der Waals surface area (Å²) in [5, 5.41) is 7.62. The highest BCUT2D eigenvalue weighted by Crippen LogP contribution is 2.33. The van der Waals surface area contributed by atoms with Crippen molar-refractivity contribution in [3.8, 4) is 17.6 Å². The van der Waals surface area contributed by atoms with Crippen molar-refractivity contribution in [2.75, 3.05) is 57.6 Å². The monoisotopic (exact) mass is 601 g/mol. The number of ether oxygens (including phenoxy) is 2. The van der Waals surface area contributed by atoms with E-state index in [9.17, 15) is 13.2 Å². The number of fused-ring (bicyclic) bond motifs is 1. The van der Waals surface area contributed by atoms with Gasteiger partial charge in [0.25, 0.3) is 0 Å². The van der Waals surface area contributed by atoms with Crippen molar-refractivity contribution in [3.05, 3.63) is 48.2 Å². The minimum Gasteiger partial charge on any atom is -0.495 e. The van der Waals surface area contributed by atoms with E-state index in [1.54, 1.807) is 19.2 Å². The highest BCUT2D eigenvalue weighted by atomic mass is 32.2. The van der Waals surface area contributed by atoms with Gasteiger partial charge in [0.05, 0.1) is 43.8 Å². The summed E-state index contributed by atoms with van der Waals surface area (Å²) in [6, 6.07) is 13.9. The van der Waals surface area contributed by atoms with Crippen LogP contribution in [0.15, 0.2) is 47.4 Å². The van der Waals surface area contributed by atoms with E-state index in [0.717, 1.165) is 73.6 Å². The summed E-state index contributed by atoms with van der Waals surface area (Å²) in [5.74, 6) is 6.66. The zero-order valence-electron chi connectivity index (χ0n) is 24.0. The molecule has 1 aromatic heterocycles.